The molecule has 3 rings (SSSR count). The second-order valence-electron chi connectivity index (χ2n) is 5.21. The van der Waals surface area contributed by atoms with Crippen LogP contribution in [0, 0.1) is 0 Å². The van der Waals surface area contributed by atoms with Gasteiger partial charge in [0.15, 0.2) is 0 Å². The van der Waals surface area contributed by atoms with Crippen molar-refractivity contribution in [3.8, 4) is 0 Å². The molecule has 1 aliphatic rings. The van der Waals surface area contributed by atoms with Crippen molar-refractivity contribution in [1.29, 1.82) is 0 Å². The Labute approximate surface area is 134 Å². The highest BCUT2D eigenvalue weighted by Crippen LogP contribution is 2.44. The Kier molecular flexibility index (Phi) is 7.15. The summed E-state index contributed by atoms with van der Waals surface area (Å²) < 4.78 is 15.3. The van der Waals surface area contributed by atoms with E-state index >= 15 is 4.39 Å². The summed E-state index contributed by atoms with van der Waals surface area (Å²) in [6, 6.07) is 17.9. The lowest BCUT2D eigenvalue weighted by atomic mass is 9.99. The van der Waals surface area contributed by atoms with Crippen molar-refractivity contribution < 1.29 is 18.5 Å². The zero-order valence-corrected chi connectivity index (χ0v) is 13.1. The fourth-order valence-corrected chi connectivity index (χ4v) is 2.96. The van der Waals surface area contributed by atoms with Crippen LogP contribution in [0.3, 0.4) is 0 Å². The summed E-state index contributed by atoms with van der Waals surface area (Å²) in [5, 5.41) is 0. The number of hydrogen-bond donors (Lipinski definition) is 0. The van der Waals surface area contributed by atoms with E-state index in [2.05, 4.69) is 0 Å². The monoisotopic (exact) mass is 328 g/mol. The molecule has 7 heteroatoms. The Morgan fingerprint density at radius 3 is 1.87 bits per heavy atom. The van der Waals surface area contributed by atoms with Gasteiger partial charge in [0.05, 0.1) is 11.4 Å². The number of benzene rings is 2. The van der Waals surface area contributed by atoms with E-state index in [0.29, 0.717) is 13.1 Å². The van der Waals surface area contributed by atoms with Crippen molar-refractivity contribution in [2.24, 2.45) is 0 Å². The normalized spacial score (nSPS) is 18.3. The number of hydrogen-bond acceptors (Lipinski definition) is 2. The molecule has 1 heterocycles. The third-order valence-electron chi connectivity index (χ3n) is 3.95. The van der Waals surface area contributed by atoms with Gasteiger partial charge >= 0.3 is 0 Å². The number of para-hydroxylation sites is 2. The molecule has 0 bridgehead atoms. The molecule has 0 fully saturated rings. The van der Waals surface area contributed by atoms with Crippen LogP contribution in [0.1, 0.15) is 12.5 Å². The first-order valence-electron chi connectivity index (χ1n) is 7.01. The van der Waals surface area contributed by atoms with Gasteiger partial charge in [0, 0.05) is 13.1 Å². The van der Waals surface area contributed by atoms with Gasteiger partial charge in [-0.05, 0) is 24.6 Å². The minimum atomic E-state index is -1.49. The summed E-state index contributed by atoms with van der Waals surface area (Å²) in [5.74, 6) is -1.49. The van der Waals surface area contributed by atoms with Gasteiger partial charge in [-0.15, -0.1) is 0 Å². The highest BCUT2D eigenvalue weighted by molar-refractivity contribution is 6.19. The minimum absolute atomic E-state index is 0. The topological polar surface area (TPSA) is 6.48 Å². The molecule has 1 aliphatic heterocycles. The van der Waals surface area contributed by atoms with Gasteiger partial charge in [-0.3, -0.25) is 14.1 Å². The SMILES string of the molecule is BC1(F)N(CC)c2ccccc2N1Cc1ccccc1.F.F.F. The van der Waals surface area contributed by atoms with E-state index in [-0.39, 0.29) is 14.1 Å². The van der Waals surface area contributed by atoms with Crippen LogP contribution in [-0.2, 0) is 6.54 Å². The quantitative estimate of drug-likeness (QED) is 0.485. The van der Waals surface area contributed by atoms with Gasteiger partial charge in [-0.25, -0.2) is 4.39 Å². The van der Waals surface area contributed by atoms with Gasteiger partial charge < -0.3 is 9.80 Å². The zero-order chi connectivity index (χ0) is 14.2. The van der Waals surface area contributed by atoms with Crippen molar-refractivity contribution >= 4 is 19.2 Å². The fourth-order valence-electron chi connectivity index (χ4n) is 2.96. The summed E-state index contributed by atoms with van der Waals surface area (Å²) in [7, 11) is 1.64. The summed E-state index contributed by atoms with van der Waals surface area (Å²) in [6.45, 7) is 3.21. The van der Waals surface area contributed by atoms with Crippen LogP contribution in [0.4, 0.5) is 29.9 Å². The van der Waals surface area contributed by atoms with Gasteiger partial charge in [0.1, 0.15) is 0 Å². The largest absolute Gasteiger partial charge is 0.329 e. The van der Waals surface area contributed by atoms with E-state index in [0.717, 1.165) is 16.9 Å². The lowest BCUT2D eigenvalue weighted by Gasteiger charge is -2.36. The number of anilines is 2. The molecular weight excluding hydrogens is 307 g/mol. The van der Waals surface area contributed by atoms with Gasteiger partial charge in [0.2, 0.25) is 13.7 Å². The molecule has 1 unspecified atom stereocenters. The van der Waals surface area contributed by atoms with E-state index in [1.54, 1.807) is 7.85 Å². The molecule has 0 radical (unpaired) electrons. The average molecular weight is 328 g/mol. The van der Waals surface area contributed by atoms with Crippen molar-refractivity contribution in [3.05, 3.63) is 60.2 Å². The van der Waals surface area contributed by atoms with E-state index in [1.165, 1.54) is 0 Å². The van der Waals surface area contributed by atoms with E-state index < -0.39 is 5.82 Å². The first-order valence-corrected chi connectivity index (χ1v) is 7.01. The van der Waals surface area contributed by atoms with Crippen LogP contribution < -0.4 is 9.80 Å². The first kappa shape index (κ1) is 20.8. The zero-order valence-electron chi connectivity index (χ0n) is 13.1. The minimum Gasteiger partial charge on any atom is -0.329 e. The van der Waals surface area contributed by atoms with Crippen molar-refractivity contribution in [2.45, 2.75) is 19.3 Å². The van der Waals surface area contributed by atoms with E-state index in [4.69, 9.17) is 0 Å². The molecule has 0 N–H and O–H groups in total. The van der Waals surface area contributed by atoms with Crippen LogP contribution >= 0.6 is 0 Å². The third-order valence-corrected chi connectivity index (χ3v) is 3.95. The lowest BCUT2D eigenvalue weighted by Crippen LogP contribution is -2.54. The standard InChI is InChI=1S/C16H18BFN2.3FH/c1-2-19-14-10-6-7-11-15(14)20(16(19,17)18)12-13-8-4-3-5-9-13;;;/h3-11H,2,12,17H2,1H3;3*1H. The van der Waals surface area contributed by atoms with Gasteiger partial charge in [-0.1, -0.05) is 42.5 Å². The molecule has 0 aliphatic carbocycles. The third kappa shape index (κ3) is 3.43. The maximum atomic E-state index is 15.3. The summed E-state index contributed by atoms with van der Waals surface area (Å²) in [5.41, 5.74) is 3.04. The molecule has 2 aromatic carbocycles. The van der Waals surface area contributed by atoms with Crippen molar-refractivity contribution in [2.75, 3.05) is 16.3 Å². The number of alkyl halides is 1. The Bertz CT molecular complexity index is 610. The highest BCUT2D eigenvalue weighted by Gasteiger charge is 2.44. The predicted octanol–water partition coefficient (Wildman–Crippen LogP) is 3.20. The molecule has 0 amide bonds. The molecule has 0 saturated carbocycles. The maximum Gasteiger partial charge on any atom is 0.214 e. The van der Waals surface area contributed by atoms with Crippen LogP contribution in [0.25, 0.3) is 0 Å². The number of fused-ring (bicyclic) bond motifs is 1. The molecule has 0 saturated heterocycles. The number of rotatable bonds is 3. The highest BCUT2D eigenvalue weighted by atomic mass is 19.1. The molecule has 126 valence electrons. The van der Waals surface area contributed by atoms with Gasteiger partial charge in [-0.2, -0.15) is 0 Å². The Morgan fingerprint density at radius 1 is 0.870 bits per heavy atom. The van der Waals surface area contributed by atoms with E-state index in [1.807, 2.05) is 71.3 Å². The molecule has 1 atom stereocenters. The number of nitrogens with zero attached hydrogens (tertiary/aromatic N) is 2. The Morgan fingerprint density at radius 2 is 1.35 bits per heavy atom. The Balaban J connectivity index is 0.00000161. The molecule has 23 heavy (non-hydrogen) atoms. The van der Waals surface area contributed by atoms with Crippen LogP contribution in [0.2, 0.25) is 0 Å². The van der Waals surface area contributed by atoms with Crippen LogP contribution in [0.5, 0.6) is 0 Å². The average Bonchev–Trinajstić information content (AvgIpc) is 2.67. The smallest absolute Gasteiger partial charge is 0.214 e. The second kappa shape index (κ2) is 7.90. The first-order chi connectivity index (χ1) is 9.64. The maximum absolute atomic E-state index is 15.3. The predicted molar refractivity (Wildman–Crippen MR) is 92.0 cm³/mol. The molecule has 2 aromatic rings. The Hall–Kier alpha value is -2.18. The van der Waals surface area contributed by atoms with Crippen LogP contribution in [-0.4, -0.2) is 20.2 Å². The summed E-state index contributed by atoms with van der Waals surface area (Å²) in [4.78, 5) is 3.65. The molecule has 0 spiro atoms. The van der Waals surface area contributed by atoms with Crippen LogP contribution in [0.15, 0.2) is 54.6 Å². The lowest BCUT2D eigenvalue weighted by molar-refractivity contribution is 0.264. The summed E-state index contributed by atoms with van der Waals surface area (Å²) in [6.07, 6.45) is 0. The van der Waals surface area contributed by atoms with Gasteiger partial charge in [0.25, 0.3) is 0 Å². The summed E-state index contributed by atoms with van der Waals surface area (Å²) >= 11 is 0. The second-order valence-corrected chi connectivity index (χ2v) is 5.21. The molecular formula is C16H21BF4N2. The van der Waals surface area contributed by atoms with E-state index in [9.17, 15) is 0 Å². The van der Waals surface area contributed by atoms with Crippen molar-refractivity contribution in [3.63, 3.8) is 0 Å². The number of halogens is 4. The van der Waals surface area contributed by atoms with Crippen molar-refractivity contribution in [1.82, 2.24) is 0 Å². The molecule has 0 aromatic heterocycles. The molecule has 2 nitrogen and oxygen atoms in total. The fraction of sp³-hybridized carbons (Fsp3) is 0.250.